The molecular weight excluding hydrogens is 418 g/mol. The zero-order valence-corrected chi connectivity index (χ0v) is 18.9. The summed E-state index contributed by atoms with van der Waals surface area (Å²) in [5, 5.41) is 9.30. The van der Waals surface area contributed by atoms with E-state index in [0.717, 1.165) is 21.4 Å². The Balaban J connectivity index is 2.23. The Bertz CT molecular complexity index is 1350. The van der Waals surface area contributed by atoms with Gasteiger partial charge in [-0.1, -0.05) is 12.1 Å². The van der Waals surface area contributed by atoms with Gasteiger partial charge in [-0.2, -0.15) is 13.1 Å². The third-order valence-electron chi connectivity index (χ3n) is 5.82. The van der Waals surface area contributed by atoms with Crippen LogP contribution in [-0.2, 0) is 21.2 Å². The number of fused-ring (bicyclic) bond motifs is 1. The lowest BCUT2D eigenvalue weighted by atomic mass is 9.95. The molecule has 164 valence electrons. The summed E-state index contributed by atoms with van der Waals surface area (Å²) in [6.45, 7) is 9.12. The van der Waals surface area contributed by atoms with Crippen molar-refractivity contribution in [1.29, 1.82) is 0 Å². The highest BCUT2D eigenvalue weighted by molar-refractivity contribution is 7.92. The topological polar surface area (TPSA) is 118 Å². The summed E-state index contributed by atoms with van der Waals surface area (Å²) in [7, 11) is -4.16. The van der Waals surface area contributed by atoms with Crippen LogP contribution in [-0.4, -0.2) is 29.2 Å². The molecule has 0 aliphatic carbocycles. The van der Waals surface area contributed by atoms with E-state index in [1.54, 1.807) is 38.1 Å². The molecule has 0 spiro atoms. The normalized spacial score (nSPS) is 11.6. The molecule has 3 rings (SSSR count). The van der Waals surface area contributed by atoms with Gasteiger partial charge in [-0.3, -0.25) is 9.59 Å². The van der Waals surface area contributed by atoms with Gasteiger partial charge < -0.3 is 5.11 Å². The van der Waals surface area contributed by atoms with Crippen molar-refractivity contribution in [3.8, 4) is 0 Å². The summed E-state index contributed by atoms with van der Waals surface area (Å²) in [6.07, 6.45) is -0.408. The number of benzene rings is 2. The molecule has 0 saturated carbocycles. The van der Waals surface area contributed by atoms with Crippen molar-refractivity contribution in [2.75, 3.05) is 4.83 Å². The first-order valence-corrected chi connectivity index (χ1v) is 11.3. The maximum atomic E-state index is 13.4. The van der Waals surface area contributed by atoms with Gasteiger partial charge >= 0.3 is 5.97 Å². The Hall–Kier alpha value is -3.20. The van der Waals surface area contributed by atoms with Crippen molar-refractivity contribution >= 4 is 26.9 Å². The van der Waals surface area contributed by atoms with Crippen LogP contribution in [0.3, 0.4) is 0 Å². The first kappa shape index (κ1) is 22.5. The molecule has 0 fully saturated rings. The van der Waals surface area contributed by atoms with Gasteiger partial charge in [0.1, 0.15) is 5.82 Å². The largest absolute Gasteiger partial charge is 0.481 e. The fourth-order valence-electron chi connectivity index (χ4n) is 3.69. The van der Waals surface area contributed by atoms with E-state index in [1.165, 1.54) is 0 Å². The molecule has 0 unspecified atom stereocenters. The highest BCUT2D eigenvalue weighted by atomic mass is 32.2. The molecule has 3 aromatic rings. The van der Waals surface area contributed by atoms with Crippen molar-refractivity contribution in [1.82, 2.24) is 9.66 Å². The Morgan fingerprint density at radius 1 is 1.00 bits per heavy atom. The molecular formula is C22H25N3O5S. The molecule has 1 heterocycles. The minimum absolute atomic E-state index is 0.0329. The second kappa shape index (κ2) is 8.14. The summed E-state index contributed by atoms with van der Waals surface area (Å²) < 4.78 is 27.7. The van der Waals surface area contributed by atoms with Gasteiger partial charge in [0.15, 0.2) is 0 Å². The Kier molecular flexibility index (Phi) is 5.91. The molecule has 31 heavy (non-hydrogen) atoms. The van der Waals surface area contributed by atoms with Gasteiger partial charge in [-0.05, 0) is 74.6 Å². The second-order valence-corrected chi connectivity index (χ2v) is 9.23. The Morgan fingerprint density at radius 2 is 1.55 bits per heavy atom. The van der Waals surface area contributed by atoms with Crippen LogP contribution in [0.15, 0.2) is 34.0 Å². The number of rotatable bonds is 6. The van der Waals surface area contributed by atoms with Crippen LogP contribution >= 0.6 is 0 Å². The zero-order chi connectivity index (χ0) is 23.1. The van der Waals surface area contributed by atoms with Gasteiger partial charge in [0, 0.05) is 6.42 Å². The van der Waals surface area contributed by atoms with Crippen LogP contribution in [0, 0.1) is 34.6 Å². The van der Waals surface area contributed by atoms with Crippen molar-refractivity contribution in [3.05, 3.63) is 68.3 Å². The lowest BCUT2D eigenvalue weighted by Crippen LogP contribution is -2.37. The molecule has 0 radical (unpaired) electrons. The Labute approximate surface area is 180 Å². The molecule has 1 aromatic heterocycles. The Morgan fingerprint density at radius 3 is 2.13 bits per heavy atom. The van der Waals surface area contributed by atoms with E-state index < -0.39 is 21.6 Å². The smallest absolute Gasteiger partial charge is 0.303 e. The molecule has 0 aliphatic rings. The van der Waals surface area contributed by atoms with Crippen LogP contribution < -0.4 is 10.4 Å². The van der Waals surface area contributed by atoms with Crippen LogP contribution in [0.1, 0.15) is 40.1 Å². The van der Waals surface area contributed by atoms with E-state index in [9.17, 15) is 18.0 Å². The van der Waals surface area contributed by atoms with Crippen LogP contribution in [0.2, 0.25) is 0 Å². The number of aryl methyl sites for hydroxylation is 1. The molecule has 0 amide bonds. The van der Waals surface area contributed by atoms with E-state index in [0.29, 0.717) is 16.6 Å². The van der Waals surface area contributed by atoms with Crippen LogP contribution in [0.5, 0.6) is 0 Å². The molecule has 0 saturated heterocycles. The van der Waals surface area contributed by atoms with Crippen molar-refractivity contribution in [3.63, 3.8) is 0 Å². The summed E-state index contributed by atoms with van der Waals surface area (Å²) in [4.78, 5) is 31.0. The summed E-state index contributed by atoms with van der Waals surface area (Å²) in [5.41, 5.74) is 3.70. The number of aromatic nitrogens is 2. The van der Waals surface area contributed by atoms with Gasteiger partial charge in [-0.15, -0.1) is 0 Å². The molecule has 2 aromatic carbocycles. The average Bonchev–Trinajstić information content (AvgIpc) is 2.71. The highest BCUT2D eigenvalue weighted by Crippen LogP contribution is 2.29. The average molecular weight is 444 g/mol. The predicted molar refractivity (Wildman–Crippen MR) is 119 cm³/mol. The zero-order valence-electron chi connectivity index (χ0n) is 18.1. The minimum atomic E-state index is -4.16. The van der Waals surface area contributed by atoms with E-state index in [4.69, 9.17) is 5.11 Å². The number of carbonyl (C=O) groups is 1. The number of para-hydroxylation sites is 1. The first-order chi connectivity index (χ1) is 14.5. The highest BCUT2D eigenvalue weighted by Gasteiger charge is 2.26. The number of hydrogen-bond acceptors (Lipinski definition) is 5. The fraction of sp³-hybridized carbons (Fsp3) is 0.318. The third kappa shape index (κ3) is 4.05. The van der Waals surface area contributed by atoms with Crippen LogP contribution in [0.4, 0.5) is 0 Å². The summed E-state index contributed by atoms with van der Waals surface area (Å²) in [5.74, 6) is -1.04. The molecule has 0 aliphatic heterocycles. The first-order valence-electron chi connectivity index (χ1n) is 9.78. The van der Waals surface area contributed by atoms with Crippen molar-refractivity contribution in [2.24, 2.45) is 0 Å². The van der Waals surface area contributed by atoms with E-state index in [-0.39, 0.29) is 28.9 Å². The standard InChI is InChI=1S/C22H25N3O5S/c1-12-13(2)15(4)21(16(5)14(12)3)31(29,30)24-25-19(10-11-20(26)27)23-18-9-7-6-8-17(18)22(25)28/h6-9,24H,10-11H2,1-5H3,(H,26,27). The molecule has 8 nitrogen and oxygen atoms in total. The van der Waals surface area contributed by atoms with Gasteiger partial charge in [0.25, 0.3) is 15.6 Å². The van der Waals surface area contributed by atoms with E-state index >= 15 is 0 Å². The number of sulfonamides is 1. The molecule has 0 bridgehead atoms. The van der Waals surface area contributed by atoms with E-state index in [2.05, 4.69) is 9.82 Å². The van der Waals surface area contributed by atoms with Gasteiger partial charge in [0.05, 0.1) is 22.2 Å². The number of hydrogen-bond donors (Lipinski definition) is 2. The maximum absolute atomic E-state index is 13.4. The summed E-state index contributed by atoms with van der Waals surface area (Å²) in [6, 6.07) is 6.53. The van der Waals surface area contributed by atoms with Gasteiger partial charge in [0.2, 0.25) is 0 Å². The van der Waals surface area contributed by atoms with Gasteiger partial charge in [-0.25, -0.2) is 9.82 Å². The summed E-state index contributed by atoms with van der Waals surface area (Å²) >= 11 is 0. The lowest BCUT2D eigenvalue weighted by molar-refractivity contribution is -0.137. The van der Waals surface area contributed by atoms with E-state index in [1.807, 2.05) is 20.8 Å². The number of carboxylic acids is 1. The van der Waals surface area contributed by atoms with Crippen molar-refractivity contribution in [2.45, 2.75) is 52.4 Å². The fourth-order valence-corrected chi connectivity index (χ4v) is 5.33. The number of nitrogens with one attached hydrogen (secondary N) is 1. The van der Waals surface area contributed by atoms with Crippen LogP contribution in [0.25, 0.3) is 10.9 Å². The second-order valence-electron chi connectivity index (χ2n) is 7.63. The number of nitrogens with zero attached hydrogens (tertiary/aromatic N) is 2. The monoisotopic (exact) mass is 443 g/mol. The molecule has 2 N–H and O–H groups in total. The number of aliphatic carboxylic acids is 1. The number of carboxylic acid groups (broad SMARTS) is 1. The third-order valence-corrected chi connectivity index (χ3v) is 7.39. The SMILES string of the molecule is Cc1c(C)c(C)c(S(=O)(=O)Nn2c(CCC(=O)O)nc3ccccc3c2=O)c(C)c1C. The maximum Gasteiger partial charge on any atom is 0.303 e. The quantitative estimate of drug-likeness (QED) is 0.605. The predicted octanol–water partition coefficient (Wildman–Crippen LogP) is 2.89. The molecule has 0 atom stereocenters. The van der Waals surface area contributed by atoms with Crippen molar-refractivity contribution < 1.29 is 18.3 Å². The lowest BCUT2D eigenvalue weighted by Gasteiger charge is -2.21. The molecule has 9 heteroatoms. The minimum Gasteiger partial charge on any atom is -0.481 e.